The summed E-state index contributed by atoms with van der Waals surface area (Å²) in [6.07, 6.45) is -0.964. The number of hydrogen-bond donors (Lipinski definition) is 1. The van der Waals surface area contributed by atoms with Gasteiger partial charge in [0, 0.05) is 27.2 Å². The summed E-state index contributed by atoms with van der Waals surface area (Å²) in [7, 11) is -1.23. The zero-order valence-electron chi connectivity index (χ0n) is 20.0. The zero-order valence-corrected chi connectivity index (χ0v) is 20.8. The first-order valence-corrected chi connectivity index (χ1v) is 12.7. The number of hydrogen-bond acceptors (Lipinski definition) is 5. The lowest BCUT2D eigenvalue weighted by Gasteiger charge is -2.29. The Balaban J connectivity index is 2.72. The average Bonchev–Trinajstić information content (AvgIpc) is 2.79. The highest BCUT2D eigenvalue weighted by molar-refractivity contribution is 7.89. The number of aliphatic hydroxyl groups excluding tert-OH is 1. The van der Waals surface area contributed by atoms with Crippen LogP contribution in [0.3, 0.4) is 0 Å². The van der Waals surface area contributed by atoms with Gasteiger partial charge in [0.15, 0.2) is 5.75 Å². The lowest BCUT2D eigenvalue weighted by molar-refractivity contribution is -0.137. The quantitative estimate of drug-likeness (QED) is 0.406. The van der Waals surface area contributed by atoms with Crippen LogP contribution >= 0.6 is 0 Å². The van der Waals surface area contributed by atoms with Gasteiger partial charge in [-0.25, -0.2) is 12.7 Å². The highest BCUT2D eigenvalue weighted by atomic mass is 32.2. The molecule has 0 fully saturated rings. The van der Waals surface area contributed by atoms with E-state index in [-0.39, 0.29) is 23.0 Å². The van der Waals surface area contributed by atoms with Crippen LogP contribution in [0.25, 0.3) is 0 Å². The molecule has 6 nitrogen and oxygen atoms in total. The lowest BCUT2D eigenvalue weighted by Crippen LogP contribution is -2.28. The van der Waals surface area contributed by atoms with E-state index in [1.54, 1.807) is 6.07 Å². The molecule has 0 unspecified atom stereocenters. The molecule has 10 heteroatoms. The van der Waals surface area contributed by atoms with Crippen LogP contribution in [0.5, 0.6) is 11.5 Å². The van der Waals surface area contributed by atoms with Crippen molar-refractivity contribution in [2.45, 2.75) is 57.2 Å². The Kier molecular flexibility index (Phi) is 9.78. The molecule has 1 N–H and O–H groups in total. The van der Waals surface area contributed by atoms with E-state index in [0.29, 0.717) is 24.3 Å². The minimum absolute atomic E-state index is 0.0258. The number of halogens is 3. The average molecular weight is 503 g/mol. The maximum Gasteiger partial charge on any atom is 0.416 e. The molecule has 0 bridgehead atoms. The Morgan fingerprint density at radius 2 is 1.53 bits per heavy atom. The van der Waals surface area contributed by atoms with Crippen LogP contribution in [0, 0.1) is 0 Å². The van der Waals surface area contributed by atoms with E-state index in [0.717, 1.165) is 42.1 Å². The van der Waals surface area contributed by atoms with Crippen molar-refractivity contribution < 1.29 is 31.4 Å². The van der Waals surface area contributed by atoms with Gasteiger partial charge in [-0.3, -0.25) is 0 Å². The fraction of sp³-hybridized carbons (Fsp3) is 0.500. The molecule has 2 rings (SSSR count). The first kappa shape index (κ1) is 27.9. The second-order valence-corrected chi connectivity index (χ2v) is 10.3. The van der Waals surface area contributed by atoms with Crippen molar-refractivity contribution >= 4 is 15.7 Å². The minimum Gasteiger partial charge on any atom is -0.454 e. The molecule has 0 radical (unpaired) electrons. The number of ether oxygens (including phenoxy) is 1. The van der Waals surface area contributed by atoms with Crippen molar-refractivity contribution in [2.24, 2.45) is 0 Å². The van der Waals surface area contributed by atoms with Crippen LogP contribution in [0.15, 0.2) is 41.3 Å². The van der Waals surface area contributed by atoms with Crippen molar-refractivity contribution in [1.29, 1.82) is 0 Å². The molecule has 0 saturated heterocycles. The Labute approximate surface area is 200 Å². The van der Waals surface area contributed by atoms with Crippen molar-refractivity contribution in [1.82, 2.24) is 4.31 Å². The first-order valence-electron chi connectivity index (χ1n) is 11.3. The van der Waals surface area contributed by atoms with Gasteiger partial charge in [-0.2, -0.15) is 13.2 Å². The summed E-state index contributed by atoms with van der Waals surface area (Å²) >= 11 is 0. The first-order chi connectivity index (χ1) is 15.9. The monoisotopic (exact) mass is 502 g/mol. The Morgan fingerprint density at radius 3 is 1.97 bits per heavy atom. The molecule has 2 aromatic rings. The van der Waals surface area contributed by atoms with Crippen LogP contribution in [0.2, 0.25) is 0 Å². The van der Waals surface area contributed by atoms with Crippen LogP contribution in [-0.2, 0) is 22.8 Å². The van der Waals surface area contributed by atoms with Gasteiger partial charge < -0.3 is 14.7 Å². The van der Waals surface area contributed by atoms with Crippen LogP contribution in [-0.4, -0.2) is 45.0 Å². The molecule has 0 aliphatic heterocycles. The zero-order chi connectivity index (χ0) is 25.5. The third-order valence-electron chi connectivity index (χ3n) is 5.34. The fourth-order valence-electron chi connectivity index (χ4n) is 3.34. The van der Waals surface area contributed by atoms with Crippen molar-refractivity contribution in [3.63, 3.8) is 0 Å². The molecule has 0 amide bonds. The van der Waals surface area contributed by atoms with E-state index in [9.17, 15) is 26.7 Å². The van der Waals surface area contributed by atoms with E-state index in [4.69, 9.17) is 4.74 Å². The standard InChI is InChI=1S/C24H33F3N2O4S/c1-5-7-13-29(14-8-6-2)21-15-18(17-30)16-22(34(31,32)28(3)4)23(21)33-20-11-9-19(10-12-20)24(25,26)27/h9-12,15-16,30H,5-8,13-14,17H2,1-4H3. The summed E-state index contributed by atoms with van der Waals surface area (Å²) in [5.41, 5.74) is 0.0475. The van der Waals surface area contributed by atoms with E-state index in [1.165, 1.54) is 32.3 Å². The van der Waals surface area contributed by atoms with Gasteiger partial charge in [0.05, 0.1) is 17.9 Å². The van der Waals surface area contributed by atoms with Gasteiger partial charge >= 0.3 is 6.18 Å². The minimum atomic E-state index is -4.50. The molecular formula is C24H33F3N2O4S. The molecule has 0 aliphatic rings. The van der Waals surface area contributed by atoms with E-state index in [2.05, 4.69) is 0 Å². The molecule has 0 heterocycles. The predicted octanol–water partition coefficient (Wildman–Crippen LogP) is 5.65. The Bertz CT molecular complexity index is 1030. The van der Waals surface area contributed by atoms with Gasteiger partial charge in [-0.05, 0) is 54.8 Å². The van der Waals surface area contributed by atoms with Crippen LogP contribution in [0.4, 0.5) is 18.9 Å². The molecule has 2 aromatic carbocycles. The summed E-state index contributed by atoms with van der Waals surface area (Å²) in [6, 6.07) is 7.14. The molecular weight excluding hydrogens is 469 g/mol. The molecule has 0 aliphatic carbocycles. The summed E-state index contributed by atoms with van der Waals surface area (Å²) in [6.45, 7) is 4.98. The van der Waals surface area contributed by atoms with Gasteiger partial charge in [0.1, 0.15) is 10.6 Å². The highest BCUT2D eigenvalue weighted by Crippen LogP contribution is 2.41. The Morgan fingerprint density at radius 1 is 0.971 bits per heavy atom. The fourth-order valence-corrected chi connectivity index (χ4v) is 4.41. The van der Waals surface area contributed by atoms with Gasteiger partial charge in [0.25, 0.3) is 0 Å². The number of unbranched alkanes of at least 4 members (excludes halogenated alkanes) is 2. The summed E-state index contributed by atoms with van der Waals surface area (Å²) in [5, 5.41) is 9.84. The van der Waals surface area contributed by atoms with Crippen LogP contribution in [0.1, 0.15) is 50.7 Å². The Hall–Kier alpha value is -2.30. The summed E-state index contributed by atoms with van der Waals surface area (Å²) < 4.78 is 72.4. The molecule has 34 heavy (non-hydrogen) atoms. The maximum atomic E-state index is 13.2. The molecule has 190 valence electrons. The van der Waals surface area contributed by atoms with Crippen molar-refractivity contribution in [3.05, 3.63) is 47.5 Å². The second-order valence-electron chi connectivity index (χ2n) is 8.21. The third-order valence-corrected chi connectivity index (χ3v) is 7.16. The SMILES string of the molecule is CCCCN(CCCC)c1cc(CO)cc(S(=O)(=O)N(C)C)c1Oc1ccc(C(F)(F)F)cc1. The lowest BCUT2D eigenvalue weighted by atomic mass is 10.1. The predicted molar refractivity (Wildman–Crippen MR) is 127 cm³/mol. The number of nitrogens with zero attached hydrogens (tertiary/aromatic N) is 2. The van der Waals surface area contributed by atoms with E-state index >= 15 is 0 Å². The van der Waals surface area contributed by atoms with Gasteiger partial charge in [0.2, 0.25) is 10.0 Å². The summed E-state index contributed by atoms with van der Waals surface area (Å²) in [4.78, 5) is 1.86. The number of rotatable bonds is 12. The number of aliphatic hydroxyl groups is 1. The maximum absolute atomic E-state index is 13.2. The highest BCUT2D eigenvalue weighted by Gasteiger charge is 2.31. The van der Waals surface area contributed by atoms with Crippen molar-refractivity contribution in [2.75, 3.05) is 32.1 Å². The molecule has 0 atom stereocenters. The van der Waals surface area contributed by atoms with Crippen LogP contribution < -0.4 is 9.64 Å². The topological polar surface area (TPSA) is 70.1 Å². The number of benzene rings is 2. The van der Waals surface area contributed by atoms with Gasteiger partial charge in [-0.15, -0.1) is 0 Å². The molecule has 0 aromatic heterocycles. The molecule has 0 spiro atoms. The molecule has 0 saturated carbocycles. The van der Waals surface area contributed by atoms with Gasteiger partial charge in [-0.1, -0.05) is 26.7 Å². The number of alkyl halides is 3. The number of sulfonamides is 1. The number of anilines is 1. The summed E-state index contributed by atoms with van der Waals surface area (Å²) in [5.74, 6) is 0.102. The smallest absolute Gasteiger partial charge is 0.416 e. The van der Waals surface area contributed by atoms with E-state index in [1.807, 2.05) is 18.7 Å². The second kappa shape index (κ2) is 11.9. The third kappa shape index (κ3) is 6.86. The largest absolute Gasteiger partial charge is 0.454 e. The van der Waals surface area contributed by atoms with E-state index < -0.39 is 21.8 Å². The normalized spacial score (nSPS) is 12.3. The van der Waals surface area contributed by atoms with Crippen molar-refractivity contribution in [3.8, 4) is 11.5 Å².